The number of hydrogen-bond acceptors (Lipinski definition) is 0. The number of hydrogen-bond donors (Lipinski definition) is 0. The first-order valence-electron chi connectivity index (χ1n) is 5.87. The molecule has 0 nitrogen and oxygen atoms in total. The number of benzene rings is 1. The minimum Gasteiger partial charge on any atom is -0.0876 e. The van der Waals surface area contributed by atoms with Crippen LogP contribution in [-0.4, -0.2) is 8.07 Å². The summed E-state index contributed by atoms with van der Waals surface area (Å²) in [7, 11) is -1.16. The highest BCUT2D eigenvalue weighted by Crippen LogP contribution is 2.20. The van der Waals surface area contributed by atoms with Gasteiger partial charge < -0.3 is 0 Å². The molecule has 0 radical (unpaired) electrons. The van der Waals surface area contributed by atoms with E-state index < -0.39 is 8.07 Å². The molecule has 0 spiro atoms. The second kappa shape index (κ2) is 5.85. The van der Waals surface area contributed by atoms with Crippen molar-refractivity contribution in [1.29, 1.82) is 0 Å². The summed E-state index contributed by atoms with van der Waals surface area (Å²) < 4.78 is 0. The van der Waals surface area contributed by atoms with Crippen molar-refractivity contribution in [2.45, 2.75) is 44.2 Å². The summed E-state index contributed by atoms with van der Waals surface area (Å²) in [4.78, 5) is 0. The Morgan fingerprint density at radius 3 is 2.13 bits per heavy atom. The Morgan fingerprint density at radius 1 is 1.07 bits per heavy atom. The van der Waals surface area contributed by atoms with Gasteiger partial charge in [0.1, 0.15) is 0 Å². The van der Waals surface area contributed by atoms with Crippen molar-refractivity contribution >= 4 is 29.2 Å². The zero-order chi connectivity index (χ0) is 11.3. The molecule has 84 valence electrons. The highest BCUT2D eigenvalue weighted by Gasteiger charge is 2.28. The second-order valence-corrected chi connectivity index (χ2v) is 10.00. The normalized spacial score (nSPS) is 11.7. The van der Waals surface area contributed by atoms with E-state index in [0.29, 0.717) is 0 Å². The van der Waals surface area contributed by atoms with E-state index in [9.17, 15) is 0 Å². The maximum Gasteiger partial charge on any atom is 0.0859 e. The monoisotopic (exact) mass is 284 g/mol. The van der Waals surface area contributed by atoms with Gasteiger partial charge in [-0.1, -0.05) is 84.3 Å². The maximum atomic E-state index is 3.54. The zero-order valence-electron chi connectivity index (χ0n) is 10.0. The van der Waals surface area contributed by atoms with Gasteiger partial charge in [-0.25, -0.2) is 0 Å². The SMILES string of the molecule is CC[Si](CC)(CC)c1cccc(CBr)c1. The predicted molar refractivity (Wildman–Crippen MR) is 75.9 cm³/mol. The smallest absolute Gasteiger partial charge is 0.0859 e. The molecule has 0 fully saturated rings. The number of rotatable bonds is 5. The van der Waals surface area contributed by atoms with Crippen LogP contribution in [0.25, 0.3) is 0 Å². The number of alkyl halides is 1. The molecule has 0 aliphatic carbocycles. The van der Waals surface area contributed by atoms with E-state index in [-0.39, 0.29) is 0 Å². The minimum absolute atomic E-state index is 0.975. The summed E-state index contributed by atoms with van der Waals surface area (Å²) in [5, 5.41) is 2.62. The van der Waals surface area contributed by atoms with Gasteiger partial charge in [-0.2, -0.15) is 0 Å². The summed E-state index contributed by atoms with van der Waals surface area (Å²) >= 11 is 3.54. The fourth-order valence-corrected chi connectivity index (χ4v) is 6.36. The Balaban J connectivity index is 3.10. The highest BCUT2D eigenvalue weighted by atomic mass is 79.9. The molecular weight excluding hydrogens is 264 g/mol. The van der Waals surface area contributed by atoms with Crippen LogP contribution in [0, 0.1) is 0 Å². The third-order valence-electron chi connectivity index (χ3n) is 3.72. The van der Waals surface area contributed by atoms with Crippen LogP contribution in [0.1, 0.15) is 26.3 Å². The molecule has 1 rings (SSSR count). The van der Waals surface area contributed by atoms with Crippen LogP contribution in [0.15, 0.2) is 24.3 Å². The first-order chi connectivity index (χ1) is 7.22. The molecule has 0 saturated heterocycles. The summed E-state index contributed by atoms with van der Waals surface area (Å²) in [6, 6.07) is 13.3. The van der Waals surface area contributed by atoms with Crippen molar-refractivity contribution in [3.8, 4) is 0 Å². The molecule has 0 unspecified atom stereocenters. The fourth-order valence-electron chi connectivity index (χ4n) is 2.35. The van der Waals surface area contributed by atoms with Crippen LogP contribution >= 0.6 is 15.9 Å². The first kappa shape index (κ1) is 13.0. The van der Waals surface area contributed by atoms with Crippen molar-refractivity contribution in [3.63, 3.8) is 0 Å². The molecule has 0 aromatic heterocycles. The van der Waals surface area contributed by atoms with Crippen LogP contribution in [0.4, 0.5) is 0 Å². The van der Waals surface area contributed by atoms with E-state index in [0.717, 1.165) is 5.33 Å². The predicted octanol–water partition coefficient (Wildman–Crippen LogP) is 4.30. The standard InChI is InChI=1S/C13H21BrSi/c1-4-15(5-2,6-3)13-9-7-8-12(10-13)11-14/h7-10H,4-6,11H2,1-3H3. The average molecular weight is 285 g/mol. The van der Waals surface area contributed by atoms with Gasteiger partial charge in [-0.05, 0) is 5.56 Å². The van der Waals surface area contributed by atoms with E-state index in [2.05, 4.69) is 61.0 Å². The van der Waals surface area contributed by atoms with E-state index in [1.807, 2.05) is 0 Å². The first-order valence-corrected chi connectivity index (χ1v) is 9.62. The van der Waals surface area contributed by atoms with Gasteiger partial charge in [0, 0.05) is 5.33 Å². The van der Waals surface area contributed by atoms with E-state index >= 15 is 0 Å². The van der Waals surface area contributed by atoms with Crippen molar-refractivity contribution in [2.24, 2.45) is 0 Å². The van der Waals surface area contributed by atoms with Crippen LogP contribution in [0.2, 0.25) is 18.1 Å². The highest BCUT2D eigenvalue weighted by molar-refractivity contribution is 9.08. The lowest BCUT2D eigenvalue weighted by atomic mass is 10.2. The summed E-state index contributed by atoms with van der Waals surface area (Å²) in [5.74, 6) is 0. The molecule has 15 heavy (non-hydrogen) atoms. The van der Waals surface area contributed by atoms with Crippen LogP contribution < -0.4 is 5.19 Å². The molecule has 0 N–H and O–H groups in total. The molecular formula is C13H21BrSi. The maximum absolute atomic E-state index is 3.54. The lowest BCUT2D eigenvalue weighted by Gasteiger charge is -2.29. The molecule has 2 heteroatoms. The van der Waals surface area contributed by atoms with E-state index in [1.165, 1.54) is 23.7 Å². The van der Waals surface area contributed by atoms with Gasteiger partial charge in [-0.3, -0.25) is 0 Å². The Hall–Kier alpha value is -0.0831. The Bertz CT molecular complexity index is 297. The minimum atomic E-state index is -1.16. The van der Waals surface area contributed by atoms with Gasteiger partial charge in [-0.15, -0.1) is 0 Å². The Morgan fingerprint density at radius 2 is 1.67 bits per heavy atom. The molecule has 1 aromatic carbocycles. The van der Waals surface area contributed by atoms with Crippen LogP contribution in [-0.2, 0) is 5.33 Å². The molecule has 0 amide bonds. The lowest BCUT2D eigenvalue weighted by molar-refractivity contribution is 1.19. The van der Waals surface area contributed by atoms with E-state index in [4.69, 9.17) is 0 Å². The number of halogens is 1. The van der Waals surface area contributed by atoms with Gasteiger partial charge in [0.15, 0.2) is 0 Å². The summed E-state index contributed by atoms with van der Waals surface area (Å²) in [5.41, 5.74) is 1.42. The van der Waals surface area contributed by atoms with E-state index in [1.54, 1.807) is 5.19 Å². The zero-order valence-corrected chi connectivity index (χ0v) is 12.6. The molecule has 0 saturated carbocycles. The fraction of sp³-hybridized carbons (Fsp3) is 0.538. The van der Waals surface area contributed by atoms with Crippen LogP contribution in [0.3, 0.4) is 0 Å². The molecule has 0 heterocycles. The average Bonchev–Trinajstić information content (AvgIpc) is 2.32. The van der Waals surface area contributed by atoms with Crippen molar-refractivity contribution in [2.75, 3.05) is 0 Å². The molecule has 0 aliphatic rings. The summed E-state index contributed by atoms with van der Waals surface area (Å²) in [6.07, 6.45) is 0. The molecule has 0 atom stereocenters. The largest absolute Gasteiger partial charge is 0.0876 e. The van der Waals surface area contributed by atoms with Crippen molar-refractivity contribution in [3.05, 3.63) is 29.8 Å². The second-order valence-electron chi connectivity index (χ2n) is 4.17. The third-order valence-corrected chi connectivity index (χ3v) is 9.97. The van der Waals surface area contributed by atoms with Crippen molar-refractivity contribution in [1.82, 2.24) is 0 Å². The topological polar surface area (TPSA) is 0 Å². The Labute approximate surface area is 103 Å². The van der Waals surface area contributed by atoms with Crippen molar-refractivity contribution < 1.29 is 0 Å². The van der Waals surface area contributed by atoms with Gasteiger partial charge >= 0.3 is 0 Å². The van der Waals surface area contributed by atoms with Gasteiger partial charge in [0.05, 0.1) is 8.07 Å². The molecule has 0 bridgehead atoms. The molecule has 0 aliphatic heterocycles. The Kier molecular flexibility index (Phi) is 5.07. The summed E-state index contributed by atoms with van der Waals surface area (Å²) in [6.45, 7) is 7.08. The third kappa shape index (κ3) is 2.73. The van der Waals surface area contributed by atoms with Crippen LogP contribution in [0.5, 0.6) is 0 Å². The van der Waals surface area contributed by atoms with Gasteiger partial charge in [0.25, 0.3) is 0 Å². The molecule has 1 aromatic rings. The quantitative estimate of drug-likeness (QED) is 0.559. The lowest BCUT2D eigenvalue weighted by Crippen LogP contribution is -2.45. The van der Waals surface area contributed by atoms with Gasteiger partial charge in [0.2, 0.25) is 0 Å².